The van der Waals surface area contributed by atoms with Crippen LogP contribution < -0.4 is 5.32 Å². The van der Waals surface area contributed by atoms with Crippen LogP contribution in [0, 0.1) is 11.8 Å². The summed E-state index contributed by atoms with van der Waals surface area (Å²) in [5, 5.41) is 24.6. The van der Waals surface area contributed by atoms with Gasteiger partial charge in [0.2, 0.25) is 11.8 Å². The van der Waals surface area contributed by atoms with E-state index in [9.17, 15) is 19.8 Å². The maximum absolute atomic E-state index is 12.5. The zero-order valence-corrected chi connectivity index (χ0v) is 22.9. The number of hydrogen-bond acceptors (Lipinski definition) is 11. The average Bonchev–Trinajstić information content (AvgIpc) is 3.63. The van der Waals surface area contributed by atoms with Crippen molar-refractivity contribution in [2.24, 2.45) is 11.8 Å². The van der Waals surface area contributed by atoms with Gasteiger partial charge >= 0.3 is 0 Å². The predicted octanol–water partition coefficient (Wildman–Crippen LogP) is 0.955. The predicted molar refractivity (Wildman–Crippen MR) is 140 cm³/mol. The van der Waals surface area contributed by atoms with Gasteiger partial charge in [0.1, 0.15) is 17.8 Å². The van der Waals surface area contributed by atoms with E-state index < -0.39 is 23.9 Å². The van der Waals surface area contributed by atoms with E-state index in [1.54, 1.807) is 18.4 Å². The topological polar surface area (TPSA) is 149 Å². The molecule has 1 aliphatic carbocycles. The zero-order chi connectivity index (χ0) is 28.0. The molecule has 2 amide bonds. The van der Waals surface area contributed by atoms with Crippen LogP contribution in [0.5, 0.6) is 0 Å². The van der Waals surface area contributed by atoms with Gasteiger partial charge in [-0.15, -0.1) is 0 Å². The van der Waals surface area contributed by atoms with Gasteiger partial charge in [0.05, 0.1) is 83.7 Å². The molecule has 1 saturated carbocycles. The molecule has 0 spiro atoms. The summed E-state index contributed by atoms with van der Waals surface area (Å²) in [6.07, 6.45) is 4.10. The quantitative estimate of drug-likeness (QED) is 0.183. The lowest BCUT2D eigenvalue weighted by Crippen LogP contribution is -2.63. The SMILES string of the molecule is O=C1CC(C2CCC2)C(=O)N1CCOCCOCCOCCOC[C@@]12CC[C@@H](O1)[C@H](Nc1ccco1)[C@@H](O)[C@H]2O. The Morgan fingerprint density at radius 3 is 2.33 bits per heavy atom. The maximum Gasteiger partial charge on any atom is 0.233 e. The summed E-state index contributed by atoms with van der Waals surface area (Å²) in [5.41, 5.74) is -0.928. The molecule has 224 valence electrons. The Bertz CT molecular complexity index is 957. The Balaban J connectivity index is 0.861. The van der Waals surface area contributed by atoms with Gasteiger partial charge in [-0.2, -0.15) is 0 Å². The van der Waals surface area contributed by atoms with Crippen LogP contribution in [0.1, 0.15) is 38.5 Å². The Morgan fingerprint density at radius 1 is 0.975 bits per heavy atom. The second-order valence-corrected chi connectivity index (χ2v) is 11.1. The van der Waals surface area contributed by atoms with Gasteiger partial charge in [-0.25, -0.2) is 0 Å². The summed E-state index contributed by atoms with van der Waals surface area (Å²) in [7, 11) is 0. The average molecular weight is 567 g/mol. The van der Waals surface area contributed by atoms with Gasteiger partial charge in [-0.3, -0.25) is 14.5 Å². The minimum atomic E-state index is -1.09. The second kappa shape index (κ2) is 13.7. The highest BCUT2D eigenvalue weighted by molar-refractivity contribution is 6.03. The van der Waals surface area contributed by atoms with Crippen molar-refractivity contribution < 1.29 is 47.9 Å². The van der Waals surface area contributed by atoms with Gasteiger partial charge in [-0.1, -0.05) is 6.42 Å². The van der Waals surface area contributed by atoms with Crippen LogP contribution >= 0.6 is 0 Å². The summed E-state index contributed by atoms with van der Waals surface area (Å²) >= 11 is 0. The number of aliphatic hydroxyl groups is 2. The van der Waals surface area contributed by atoms with E-state index in [0.717, 1.165) is 19.3 Å². The largest absolute Gasteiger partial charge is 0.449 e. The summed E-state index contributed by atoms with van der Waals surface area (Å²) in [4.78, 5) is 25.9. The molecule has 1 aromatic heterocycles. The third-order valence-corrected chi connectivity index (χ3v) is 8.62. The van der Waals surface area contributed by atoms with E-state index in [4.69, 9.17) is 28.1 Å². The highest BCUT2D eigenvalue weighted by Gasteiger charge is 2.58. The van der Waals surface area contributed by atoms with Gasteiger partial charge in [-0.05, 0) is 37.7 Å². The van der Waals surface area contributed by atoms with Crippen molar-refractivity contribution in [2.75, 3.05) is 64.7 Å². The lowest BCUT2D eigenvalue weighted by molar-refractivity contribution is -0.219. The molecule has 4 heterocycles. The van der Waals surface area contributed by atoms with Crippen molar-refractivity contribution in [3.05, 3.63) is 18.4 Å². The van der Waals surface area contributed by atoms with Crippen LogP contribution in [0.2, 0.25) is 0 Å². The van der Waals surface area contributed by atoms with E-state index in [1.807, 2.05) is 0 Å². The standard InChI is InChI=1S/C28H42N2O10/c31-23-17-20(19-3-1-4-19)27(34)30(23)8-10-35-11-12-36-13-14-37-15-16-38-18-28-7-6-21(40-28)24(25(32)26(28)33)29-22-5-2-9-39-22/h2,5,9,19-21,24-26,29,32-33H,1,3-4,6-8,10-18H2/t20?,21-,24+,25-,26-,28-/m1/s1. The summed E-state index contributed by atoms with van der Waals surface area (Å²) in [5.74, 6) is 0.677. The molecular formula is C28H42N2O10. The van der Waals surface area contributed by atoms with E-state index in [1.165, 1.54) is 4.90 Å². The van der Waals surface area contributed by atoms with E-state index in [-0.39, 0.29) is 30.4 Å². The molecule has 6 atom stereocenters. The minimum absolute atomic E-state index is 0.0325. The van der Waals surface area contributed by atoms with Crippen molar-refractivity contribution in [2.45, 2.75) is 68.5 Å². The fraction of sp³-hybridized carbons (Fsp3) is 0.786. The van der Waals surface area contributed by atoms with Gasteiger partial charge in [0.25, 0.3) is 0 Å². The minimum Gasteiger partial charge on any atom is -0.449 e. The van der Waals surface area contributed by atoms with Gasteiger partial charge < -0.3 is 43.6 Å². The Labute approximate surface area is 234 Å². The highest BCUT2D eigenvalue weighted by Crippen LogP contribution is 2.43. The zero-order valence-electron chi connectivity index (χ0n) is 22.9. The lowest BCUT2D eigenvalue weighted by atomic mass is 9.75. The van der Waals surface area contributed by atoms with E-state index >= 15 is 0 Å². The van der Waals surface area contributed by atoms with Crippen molar-refractivity contribution >= 4 is 17.7 Å². The first-order chi connectivity index (χ1) is 19.5. The number of nitrogens with one attached hydrogen (secondary N) is 1. The van der Waals surface area contributed by atoms with Crippen LogP contribution in [-0.2, 0) is 33.3 Å². The molecule has 40 heavy (non-hydrogen) atoms. The monoisotopic (exact) mass is 566 g/mol. The molecule has 1 unspecified atom stereocenters. The first-order valence-electron chi connectivity index (χ1n) is 14.5. The van der Waals surface area contributed by atoms with Gasteiger partial charge in [0.15, 0.2) is 5.88 Å². The van der Waals surface area contributed by atoms with E-state index in [0.29, 0.717) is 83.9 Å². The van der Waals surface area contributed by atoms with Crippen LogP contribution in [0.25, 0.3) is 0 Å². The van der Waals surface area contributed by atoms with E-state index in [2.05, 4.69) is 5.32 Å². The number of rotatable bonds is 17. The number of carbonyl (C=O) groups excluding carboxylic acids is 2. The molecule has 3 N–H and O–H groups in total. The molecular weight excluding hydrogens is 524 g/mol. The fourth-order valence-corrected chi connectivity index (χ4v) is 6.11. The maximum atomic E-state index is 12.5. The molecule has 5 rings (SSSR count). The number of nitrogens with zero attached hydrogens (tertiary/aromatic N) is 1. The van der Waals surface area contributed by atoms with Crippen molar-refractivity contribution in [3.63, 3.8) is 0 Å². The molecule has 0 aromatic carbocycles. The Kier molecular flexibility index (Phi) is 10.1. The molecule has 2 bridgehead atoms. The second-order valence-electron chi connectivity index (χ2n) is 11.1. The number of furan rings is 1. The molecule has 4 fully saturated rings. The molecule has 0 radical (unpaired) electrons. The molecule has 3 saturated heterocycles. The number of amides is 2. The molecule has 4 aliphatic rings. The number of aliphatic hydroxyl groups excluding tert-OH is 2. The number of ether oxygens (including phenoxy) is 5. The number of anilines is 1. The first kappa shape index (κ1) is 29.4. The first-order valence-corrected chi connectivity index (χ1v) is 14.5. The molecule has 1 aromatic rings. The highest BCUT2D eigenvalue weighted by atomic mass is 16.6. The summed E-state index contributed by atoms with van der Waals surface area (Å²) < 4.78 is 33.8. The van der Waals surface area contributed by atoms with Crippen molar-refractivity contribution in [1.29, 1.82) is 0 Å². The van der Waals surface area contributed by atoms with Crippen LogP contribution in [0.3, 0.4) is 0 Å². The summed E-state index contributed by atoms with van der Waals surface area (Å²) in [6.45, 7) is 3.03. The number of fused-ring (bicyclic) bond motifs is 2. The van der Waals surface area contributed by atoms with Crippen LogP contribution in [-0.4, -0.2) is 116 Å². The third kappa shape index (κ3) is 6.70. The smallest absolute Gasteiger partial charge is 0.233 e. The van der Waals surface area contributed by atoms with Crippen LogP contribution in [0.4, 0.5) is 5.88 Å². The van der Waals surface area contributed by atoms with Crippen LogP contribution in [0.15, 0.2) is 22.8 Å². The lowest BCUT2D eigenvalue weighted by Gasteiger charge is -2.44. The number of imide groups is 1. The fourth-order valence-electron chi connectivity index (χ4n) is 6.11. The van der Waals surface area contributed by atoms with Crippen molar-refractivity contribution in [3.8, 4) is 0 Å². The normalized spacial score (nSPS) is 32.1. The third-order valence-electron chi connectivity index (χ3n) is 8.62. The van der Waals surface area contributed by atoms with Gasteiger partial charge in [0, 0.05) is 12.5 Å². The molecule has 12 heteroatoms. The van der Waals surface area contributed by atoms with Crippen molar-refractivity contribution in [1.82, 2.24) is 4.90 Å². The number of carbonyl (C=O) groups is 2. The molecule has 3 aliphatic heterocycles. The Morgan fingerprint density at radius 2 is 1.68 bits per heavy atom. The summed E-state index contributed by atoms with van der Waals surface area (Å²) in [6, 6.07) is 3.04. The number of hydrogen-bond donors (Lipinski definition) is 3. The molecule has 12 nitrogen and oxygen atoms in total. The Hall–Kier alpha value is -2.06. The number of likely N-dealkylation sites (tertiary alicyclic amines) is 1.